The number of epoxide rings is 1. The van der Waals surface area contributed by atoms with Gasteiger partial charge in [-0.3, -0.25) is 9.59 Å². The molecule has 6 aliphatic carbocycles. The predicted octanol–water partition coefficient (Wildman–Crippen LogP) is 12.6. The third kappa shape index (κ3) is 8.39. The molecule has 5 saturated carbocycles. The summed E-state index contributed by atoms with van der Waals surface area (Å²) in [5.41, 5.74) is 7.38. The molecule has 12 rings (SSSR count). The van der Waals surface area contributed by atoms with Gasteiger partial charge in [0.25, 0.3) is 0 Å². The normalized spacial score (nSPS) is 40.1. The lowest BCUT2D eigenvalue weighted by molar-refractivity contribution is -0.267. The molecule has 9 aliphatic rings. The number of aliphatic hydroxyl groups is 3. The molecule has 5 N–H and O–H groups in total. The number of carbonyl (C=O) groups is 2. The van der Waals surface area contributed by atoms with Crippen LogP contribution in [0.25, 0.3) is 11.0 Å². The van der Waals surface area contributed by atoms with Gasteiger partial charge < -0.3 is 39.7 Å². The summed E-state index contributed by atoms with van der Waals surface area (Å²) in [6.45, 7) is 21.2. The van der Waals surface area contributed by atoms with Crippen molar-refractivity contribution < 1.29 is 34.4 Å². The standard InChI is InChI=1S/C68H99N3O7/c1-10-11-13-18-50-59(76)55-54-49(58(75)60-65(6,66(50,54)7)25-21-52-64(5,27-28-69-9)53(74)37-68(67(52,60)8)26-20-48(72)35-68)40-71-39-47(56-57(71)44(38-70-56)19-24-63(55,4)36-51(73)61-62(2,3)78-61)33-41-31-45(42-16-14-12-15-17-42)34-46(32-41)43-22-29-77-30-23-43/h31-32,34,38-39,42-43,48-52,58,60-61,69-70,72-73,75H,10-30,33,35-37,40H2,1-9H3. The Hall–Kier alpha value is -3.12. The number of ether oxygens (including phenoxy) is 2. The van der Waals surface area contributed by atoms with Crippen LogP contribution >= 0.6 is 0 Å². The Bertz CT molecular complexity index is 2780. The number of aromatic amines is 1. The van der Waals surface area contributed by atoms with Crippen molar-refractivity contribution >= 4 is 22.6 Å². The van der Waals surface area contributed by atoms with Gasteiger partial charge in [0.1, 0.15) is 11.9 Å². The summed E-state index contributed by atoms with van der Waals surface area (Å²) in [5, 5.41) is 42.1. The van der Waals surface area contributed by atoms with Crippen LogP contribution in [-0.4, -0.2) is 93.3 Å². The number of fused-ring (bicyclic) bond motifs is 5. The minimum atomic E-state index is -0.837. The van der Waals surface area contributed by atoms with Crippen molar-refractivity contribution in [3.05, 3.63) is 69.6 Å². The van der Waals surface area contributed by atoms with Crippen molar-refractivity contribution in [2.75, 3.05) is 26.8 Å². The van der Waals surface area contributed by atoms with E-state index in [1.807, 2.05) is 7.05 Å². The minimum absolute atomic E-state index is 0.000258. The molecule has 3 aliphatic heterocycles. The molecule has 5 heterocycles. The Labute approximate surface area is 467 Å². The fourth-order valence-corrected chi connectivity index (χ4v) is 20.8. The van der Waals surface area contributed by atoms with Crippen LogP contribution in [0, 0.1) is 56.2 Å². The summed E-state index contributed by atoms with van der Waals surface area (Å²) in [6.07, 6.45) is 22.1. The molecule has 3 aromatic rings. The first kappa shape index (κ1) is 55.4. The fraction of sp³-hybridized carbons (Fsp3) is 0.765. The van der Waals surface area contributed by atoms with Gasteiger partial charge in [-0.15, -0.1) is 0 Å². The van der Waals surface area contributed by atoms with Gasteiger partial charge in [-0.05, 0) is 196 Å². The molecule has 14 unspecified atom stereocenters. The molecule has 2 saturated heterocycles. The van der Waals surface area contributed by atoms with Crippen LogP contribution in [0.3, 0.4) is 0 Å². The van der Waals surface area contributed by atoms with E-state index in [9.17, 15) is 15.3 Å². The number of unbranched alkanes of at least 4 members (excludes halogenated alkanes) is 2. The SMILES string of the molecule is CCCCCC1C(=O)C2=C3C(Cn4cc(Cc5cc(C6CCCCC6)cc(C6CCOCC6)c5)c5[nH]cc(c54)CCC2(C)CC(O)C2OC2(C)C)C(O)C2C(C)(CCC4C(C)(CCNC)C(=O)CC5(CCC(O)C5)C42C)C31C. The first-order chi connectivity index (χ1) is 37.2. The highest BCUT2D eigenvalue weighted by atomic mass is 16.6. The maximum absolute atomic E-state index is 16.6. The molecule has 7 fully saturated rings. The Balaban J connectivity index is 1.05. The van der Waals surface area contributed by atoms with E-state index in [1.54, 1.807) is 0 Å². The predicted molar refractivity (Wildman–Crippen MR) is 308 cm³/mol. The molecule has 2 aromatic heterocycles. The number of nitrogens with one attached hydrogen (secondary N) is 2. The molecule has 10 nitrogen and oxygen atoms in total. The molecule has 428 valence electrons. The summed E-state index contributed by atoms with van der Waals surface area (Å²) < 4.78 is 14.6. The highest BCUT2D eigenvalue weighted by molar-refractivity contribution is 6.03. The van der Waals surface area contributed by atoms with Gasteiger partial charge in [-0.1, -0.05) is 98.3 Å². The lowest BCUT2D eigenvalue weighted by Gasteiger charge is -2.74. The Morgan fingerprint density at radius 2 is 1.60 bits per heavy atom. The van der Waals surface area contributed by atoms with Gasteiger partial charge in [0.15, 0.2) is 5.78 Å². The minimum Gasteiger partial charge on any atom is -0.393 e. The van der Waals surface area contributed by atoms with Gasteiger partial charge in [0.2, 0.25) is 0 Å². The van der Waals surface area contributed by atoms with E-state index < -0.39 is 62.3 Å². The number of nitrogens with zero attached hydrogens (tertiary/aromatic N) is 1. The maximum atomic E-state index is 16.6. The highest BCUT2D eigenvalue weighted by Gasteiger charge is 2.79. The lowest BCUT2D eigenvalue weighted by atomic mass is 9.29. The van der Waals surface area contributed by atoms with E-state index in [2.05, 4.69) is 101 Å². The molecule has 0 amide bonds. The average molecular weight is 1070 g/mol. The molecule has 1 aromatic carbocycles. The maximum Gasteiger partial charge on any atom is 0.163 e. The first-order valence-corrected chi connectivity index (χ1v) is 31.8. The van der Waals surface area contributed by atoms with Crippen molar-refractivity contribution in [2.45, 2.75) is 245 Å². The molecule has 0 radical (unpaired) electrons. The largest absolute Gasteiger partial charge is 0.393 e. The Morgan fingerprint density at radius 3 is 2.27 bits per heavy atom. The van der Waals surface area contributed by atoms with Crippen molar-refractivity contribution in [2.24, 2.45) is 56.2 Å². The molecular formula is C68H99N3O7. The number of rotatable bonds is 14. The van der Waals surface area contributed by atoms with Gasteiger partial charge in [-0.2, -0.15) is 0 Å². The fourth-order valence-electron chi connectivity index (χ4n) is 20.8. The number of carbonyl (C=O) groups excluding carboxylic acids is 2. The van der Waals surface area contributed by atoms with Crippen LogP contribution in [0.15, 0.2) is 41.7 Å². The van der Waals surface area contributed by atoms with E-state index in [0.717, 1.165) is 108 Å². The number of aryl methyl sites for hydroxylation is 1. The van der Waals surface area contributed by atoms with Crippen molar-refractivity contribution in [1.82, 2.24) is 14.9 Å². The summed E-state index contributed by atoms with van der Waals surface area (Å²) in [5.74, 6) is 0.725. The summed E-state index contributed by atoms with van der Waals surface area (Å²) >= 11 is 0. The summed E-state index contributed by atoms with van der Waals surface area (Å²) in [7, 11) is 1.99. The molecule has 0 bridgehead atoms. The monoisotopic (exact) mass is 1070 g/mol. The number of Topliss-reactive ketones (excluding diaryl/α,β-unsaturated/α-hetero) is 2. The zero-order valence-electron chi connectivity index (χ0n) is 49.5. The second kappa shape index (κ2) is 20.1. The van der Waals surface area contributed by atoms with Crippen LogP contribution in [0.2, 0.25) is 0 Å². The van der Waals surface area contributed by atoms with Crippen LogP contribution in [0.1, 0.15) is 223 Å². The molecule has 1 spiro atoms. The quantitative estimate of drug-likeness (QED) is 0.0791. The number of ketones is 2. The smallest absolute Gasteiger partial charge is 0.163 e. The molecular weight excluding hydrogens is 971 g/mol. The lowest BCUT2D eigenvalue weighted by Crippen LogP contribution is -2.73. The van der Waals surface area contributed by atoms with Crippen LogP contribution < -0.4 is 5.32 Å². The number of aliphatic hydroxyl groups excluding tert-OH is 3. The van der Waals surface area contributed by atoms with Crippen molar-refractivity contribution in [3.8, 4) is 0 Å². The first-order valence-electron chi connectivity index (χ1n) is 31.8. The van der Waals surface area contributed by atoms with Crippen LogP contribution in [0.4, 0.5) is 0 Å². The van der Waals surface area contributed by atoms with Crippen molar-refractivity contribution in [1.29, 1.82) is 0 Å². The van der Waals surface area contributed by atoms with Crippen molar-refractivity contribution in [3.63, 3.8) is 0 Å². The van der Waals surface area contributed by atoms with E-state index >= 15 is 9.59 Å². The zero-order valence-corrected chi connectivity index (χ0v) is 49.5. The number of benzene rings is 1. The van der Waals surface area contributed by atoms with Crippen LogP contribution in [0.5, 0.6) is 0 Å². The Kier molecular flexibility index (Phi) is 14.2. The zero-order chi connectivity index (χ0) is 55.0. The van der Waals surface area contributed by atoms with Gasteiger partial charge >= 0.3 is 0 Å². The van der Waals surface area contributed by atoms with E-state index in [0.29, 0.717) is 56.3 Å². The molecule has 78 heavy (non-hydrogen) atoms. The van der Waals surface area contributed by atoms with Gasteiger partial charge in [-0.25, -0.2) is 0 Å². The van der Waals surface area contributed by atoms with E-state index in [4.69, 9.17) is 9.47 Å². The summed E-state index contributed by atoms with van der Waals surface area (Å²) in [4.78, 5) is 35.6. The molecule has 10 heteroatoms. The number of hydrogen-bond donors (Lipinski definition) is 5. The molecule has 14 atom stereocenters. The van der Waals surface area contributed by atoms with Crippen LogP contribution in [-0.2, 0) is 38.4 Å². The van der Waals surface area contributed by atoms with E-state index in [1.165, 1.54) is 71.0 Å². The van der Waals surface area contributed by atoms with Gasteiger partial charge in [0, 0.05) is 73.2 Å². The number of aromatic nitrogens is 2. The second-order valence-corrected chi connectivity index (χ2v) is 29.5. The number of allylic oxidation sites excluding steroid dienone is 1. The van der Waals surface area contributed by atoms with E-state index in [-0.39, 0.29) is 29.6 Å². The average Bonchev–Trinajstić information content (AvgIpc) is 1.52. The second-order valence-electron chi connectivity index (χ2n) is 29.5. The highest BCUT2D eigenvalue weighted by Crippen LogP contribution is 2.81. The topological polar surface area (TPSA) is 149 Å². The third-order valence-electron chi connectivity index (χ3n) is 25.1. The summed E-state index contributed by atoms with van der Waals surface area (Å²) in [6, 6.07) is 7.60. The third-order valence-corrected chi connectivity index (χ3v) is 25.1. The Morgan fingerprint density at radius 1 is 0.885 bits per heavy atom. The number of H-pyrrole nitrogens is 1. The van der Waals surface area contributed by atoms with Gasteiger partial charge in [0.05, 0.1) is 34.9 Å². The number of hydrogen-bond acceptors (Lipinski definition) is 8.